The third-order valence-corrected chi connectivity index (χ3v) is 3.87. The molecule has 7 nitrogen and oxygen atoms in total. The van der Waals surface area contributed by atoms with Gasteiger partial charge in [-0.3, -0.25) is 14.4 Å². The van der Waals surface area contributed by atoms with Gasteiger partial charge < -0.3 is 10.1 Å². The molecule has 7 heteroatoms. The Morgan fingerprint density at radius 1 is 1.15 bits per heavy atom. The average Bonchev–Trinajstić information content (AvgIpc) is 2.60. The summed E-state index contributed by atoms with van der Waals surface area (Å²) < 4.78 is 4.90. The van der Waals surface area contributed by atoms with Gasteiger partial charge in [0.15, 0.2) is 0 Å². The first kappa shape index (κ1) is 21.3. The quantitative estimate of drug-likeness (QED) is 0.423. The number of benzene rings is 1. The van der Waals surface area contributed by atoms with Crippen molar-refractivity contribution >= 4 is 29.2 Å². The van der Waals surface area contributed by atoms with E-state index in [4.69, 9.17) is 4.74 Å². The predicted octanol–water partition coefficient (Wildman–Crippen LogP) is 2.71. The van der Waals surface area contributed by atoms with Crippen LogP contribution in [0.3, 0.4) is 0 Å². The number of esters is 1. The number of hydrogen-bond donors (Lipinski definition) is 2. The summed E-state index contributed by atoms with van der Waals surface area (Å²) >= 11 is 0. The fraction of sp³-hybridized carbons (Fsp3) is 0.474. The molecule has 0 aromatic heterocycles. The largest absolute Gasteiger partial charge is 0.465 e. The van der Waals surface area contributed by atoms with Crippen LogP contribution >= 0.6 is 0 Å². The minimum Gasteiger partial charge on any atom is -0.465 e. The monoisotopic (exact) mass is 361 g/mol. The van der Waals surface area contributed by atoms with Gasteiger partial charge in [-0.2, -0.15) is 5.10 Å². The van der Waals surface area contributed by atoms with E-state index in [9.17, 15) is 14.4 Å². The Morgan fingerprint density at radius 3 is 2.46 bits per heavy atom. The van der Waals surface area contributed by atoms with E-state index in [1.54, 1.807) is 20.8 Å². The third-order valence-electron chi connectivity index (χ3n) is 3.87. The maximum Gasteiger partial charge on any atom is 0.314 e. The van der Waals surface area contributed by atoms with Gasteiger partial charge in [-0.15, -0.1) is 0 Å². The normalized spacial score (nSPS) is 12.3. The Hall–Kier alpha value is -2.70. The highest BCUT2D eigenvalue weighted by Crippen LogP contribution is 2.16. The van der Waals surface area contributed by atoms with Crippen molar-refractivity contribution in [2.45, 2.75) is 47.5 Å². The Bertz CT molecular complexity index is 698. The minimum atomic E-state index is -0.539. The van der Waals surface area contributed by atoms with Crippen molar-refractivity contribution < 1.29 is 19.1 Å². The van der Waals surface area contributed by atoms with Crippen LogP contribution in [0.25, 0.3) is 0 Å². The van der Waals surface area contributed by atoms with E-state index in [2.05, 4.69) is 15.8 Å². The zero-order valence-corrected chi connectivity index (χ0v) is 16.0. The fourth-order valence-electron chi connectivity index (χ4n) is 2.05. The number of nitrogens with one attached hydrogen (secondary N) is 2. The lowest BCUT2D eigenvalue weighted by molar-refractivity contribution is -0.145. The summed E-state index contributed by atoms with van der Waals surface area (Å²) in [5.74, 6) is -1.57. The molecule has 1 aromatic carbocycles. The van der Waals surface area contributed by atoms with Crippen LogP contribution in [0.15, 0.2) is 23.3 Å². The second-order valence-corrected chi connectivity index (χ2v) is 6.13. The van der Waals surface area contributed by atoms with Crippen LogP contribution in [-0.2, 0) is 19.1 Å². The summed E-state index contributed by atoms with van der Waals surface area (Å²) in [5, 5.41) is 6.70. The first-order valence-electron chi connectivity index (χ1n) is 8.61. The molecule has 0 aliphatic heterocycles. The lowest BCUT2D eigenvalue weighted by Crippen LogP contribution is -2.26. The molecule has 0 heterocycles. The van der Waals surface area contributed by atoms with Crippen molar-refractivity contribution in [3.63, 3.8) is 0 Å². The molecule has 0 saturated carbocycles. The Balaban J connectivity index is 2.46. The van der Waals surface area contributed by atoms with Crippen molar-refractivity contribution in [1.29, 1.82) is 0 Å². The number of aryl methyl sites for hydroxylation is 2. The third kappa shape index (κ3) is 7.04. The molecule has 1 aromatic rings. The summed E-state index contributed by atoms with van der Waals surface area (Å²) in [5.41, 5.74) is 5.55. The van der Waals surface area contributed by atoms with E-state index < -0.39 is 17.8 Å². The SMILES string of the molecule is CCOC(=O)[C@@H](C)/C(C)=N\NC(=O)CCC(=O)Nc1cc(C)ccc1C. The second kappa shape index (κ2) is 10.3. The van der Waals surface area contributed by atoms with Crippen molar-refractivity contribution in [1.82, 2.24) is 5.43 Å². The van der Waals surface area contributed by atoms with E-state index in [1.165, 1.54) is 0 Å². The first-order chi connectivity index (χ1) is 12.2. The maximum absolute atomic E-state index is 12.0. The summed E-state index contributed by atoms with van der Waals surface area (Å²) in [4.78, 5) is 35.4. The molecule has 0 fully saturated rings. The van der Waals surface area contributed by atoms with Crippen LogP contribution < -0.4 is 10.7 Å². The molecule has 0 aliphatic rings. The maximum atomic E-state index is 12.0. The molecule has 2 amide bonds. The molecular weight excluding hydrogens is 334 g/mol. The highest BCUT2D eigenvalue weighted by Gasteiger charge is 2.17. The van der Waals surface area contributed by atoms with Gasteiger partial charge in [0.05, 0.1) is 12.5 Å². The summed E-state index contributed by atoms with van der Waals surface area (Å²) in [6.07, 6.45) is 0.0441. The Morgan fingerprint density at radius 2 is 1.81 bits per heavy atom. The van der Waals surface area contributed by atoms with Crippen molar-refractivity contribution in [2.24, 2.45) is 11.0 Å². The number of carbonyl (C=O) groups excluding carboxylic acids is 3. The molecule has 0 unspecified atom stereocenters. The molecule has 0 aliphatic carbocycles. The van der Waals surface area contributed by atoms with E-state index in [0.29, 0.717) is 12.3 Å². The van der Waals surface area contributed by atoms with Crippen LogP contribution in [0.5, 0.6) is 0 Å². The highest BCUT2D eigenvalue weighted by atomic mass is 16.5. The molecule has 142 valence electrons. The Kier molecular flexibility index (Phi) is 8.48. The summed E-state index contributed by atoms with van der Waals surface area (Å²) in [6, 6.07) is 5.79. The number of nitrogens with zero attached hydrogens (tertiary/aromatic N) is 1. The smallest absolute Gasteiger partial charge is 0.314 e. The zero-order chi connectivity index (χ0) is 19.7. The van der Waals surface area contributed by atoms with Gasteiger partial charge in [0.1, 0.15) is 0 Å². The molecule has 1 rings (SSSR count). The van der Waals surface area contributed by atoms with Crippen LogP contribution in [0.4, 0.5) is 5.69 Å². The number of ether oxygens (including phenoxy) is 1. The number of hydrogen-bond acceptors (Lipinski definition) is 5. The number of carbonyl (C=O) groups is 3. The number of anilines is 1. The van der Waals surface area contributed by atoms with Crippen molar-refractivity contribution in [3.05, 3.63) is 29.3 Å². The topological polar surface area (TPSA) is 96.9 Å². The lowest BCUT2D eigenvalue weighted by atomic mass is 10.1. The summed E-state index contributed by atoms with van der Waals surface area (Å²) in [7, 11) is 0. The Labute approximate surface area is 154 Å². The molecule has 0 bridgehead atoms. The van der Waals surface area contributed by atoms with Gasteiger partial charge in [0.25, 0.3) is 0 Å². The molecule has 0 radical (unpaired) electrons. The highest BCUT2D eigenvalue weighted by molar-refractivity contribution is 6.01. The predicted molar refractivity (Wildman–Crippen MR) is 101 cm³/mol. The van der Waals surface area contributed by atoms with E-state index >= 15 is 0 Å². The summed E-state index contributed by atoms with van der Waals surface area (Å²) in [6.45, 7) is 9.15. The van der Waals surface area contributed by atoms with Crippen LogP contribution in [0, 0.1) is 19.8 Å². The second-order valence-electron chi connectivity index (χ2n) is 6.13. The minimum absolute atomic E-state index is 0.00125. The number of amides is 2. The molecule has 0 saturated heterocycles. The standard InChI is InChI=1S/C19H27N3O4/c1-6-26-19(25)14(4)15(5)21-22-18(24)10-9-17(23)20-16-11-12(2)7-8-13(16)3/h7-8,11,14H,6,9-10H2,1-5H3,(H,20,23)(H,22,24)/b21-15-/t14-/m0/s1. The molecule has 2 N–H and O–H groups in total. The number of rotatable bonds is 8. The van der Waals surface area contributed by atoms with Gasteiger partial charge in [-0.05, 0) is 51.8 Å². The van der Waals surface area contributed by atoms with Gasteiger partial charge in [-0.1, -0.05) is 12.1 Å². The zero-order valence-electron chi connectivity index (χ0n) is 16.0. The van der Waals surface area contributed by atoms with Crippen LogP contribution in [0.1, 0.15) is 44.7 Å². The van der Waals surface area contributed by atoms with Gasteiger partial charge >= 0.3 is 5.97 Å². The molecule has 0 spiro atoms. The molecular formula is C19H27N3O4. The van der Waals surface area contributed by atoms with Gasteiger partial charge in [0, 0.05) is 24.2 Å². The van der Waals surface area contributed by atoms with Gasteiger partial charge in [-0.25, -0.2) is 5.43 Å². The van der Waals surface area contributed by atoms with E-state index in [-0.39, 0.29) is 18.7 Å². The lowest BCUT2D eigenvalue weighted by Gasteiger charge is -2.10. The van der Waals surface area contributed by atoms with Crippen molar-refractivity contribution in [3.8, 4) is 0 Å². The molecule has 26 heavy (non-hydrogen) atoms. The molecule has 1 atom stereocenters. The van der Waals surface area contributed by atoms with Crippen LogP contribution in [-0.4, -0.2) is 30.1 Å². The van der Waals surface area contributed by atoms with Crippen molar-refractivity contribution in [2.75, 3.05) is 11.9 Å². The van der Waals surface area contributed by atoms with Gasteiger partial charge in [0.2, 0.25) is 11.8 Å². The number of hydrazone groups is 1. The van der Waals surface area contributed by atoms with E-state index in [0.717, 1.165) is 16.8 Å². The fourth-order valence-corrected chi connectivity index (χ4v) is 2.05. The average molecular weight is 361 g/mol. The van der Waals surface area contributed by atoms with Crippen LogP contribution in [0.2, 0.25) is 0 Å². The first-order valence-corrected chi connectivity index (χ1v) is 8.61. The van der Waals surface area contributed by atoms with E-state index in [1.807, 2.05) is 32.0 Å².